The first-order valence-corrected chi connectivity index (χ1v) is 12.3. The van der Waals surface area contributed by atoms with Gasteiger partial charge in [-0.05, 0) is 61.9 Å². The van der Waals surface area contributed by atoms with Gasteiger partial charge in [0.25, 0.3) is 5.56 Å². The molecule has 2 atom stereocenters. The zero-order chi connectivity index (χ0) is 21.5. The number of anilines is 1. The minimum Gasteiger partial charge on any atom is -0.465 e. The normalized spacial score (nSPS) is 22.2. The van der Waals surface area contributed by atoms with Crippen LogP contribution in [0.5, 0.6) is 0 Å². The molecule has 1 fully saturated rings. The van der Waals surface area contributed by atoms with Crippen LogP contribution in [0.3, 0.4) is 0 Å². The van der Waals surface area contributed by atoms with Crippen LogP contribution in [0.4, 0.5) is 5.00 Å². The summed E-state index contributed by atoms with van der Waals surface area (Å²) < 4.78 is 7.05. The highest BCUT2D eigenvalue weighted by Crippen LogP contribution is 2.39. The number of pyridine rings is 1. The third-order valence-electron chi connectivity index (χ3n) is 6.80. The SMILES string of the molecule is COC(=O)c1c(NC(=S)N2CC3CC(C2)c2cccc(=O)n2C3)sc2c1CCCCC2. The minimum absolute atomic E-state index is 0.0872. The van der Waals surface area contributed by atoms with Gasteiger partial charge in [-0.15, -0.1) is 11.3 Å². The van der Waals surface area contributed by atoms with Crippen molar-refractivity contribution in [2.45, 2.75) is 51.0 Å². The maximum Gasteiger partial charge on any atom is 0.341 e. The Balaban J connectivity index is 1.39. The molecule has 2 aliphatic heterocycles. The van der Waals surface area contributed by atoms with E-state index in [1.54, 1.807) is 17.4 Å². The van der Waals surface area contributed by atoms with E-state index < -0.39 is 0 Å². The van der Waals surface area contributed by atoms with Crippen molar-refractivity contribution >= 4 is 39.6 Å². The predicted molar refractivity (Wildman–Crippen MR) is 126 cm³/mol. The quantitative estimate of drug-likeness (QED) is 0.421. The van der Waals surface area contributed by atoms with Gasteiger partial charge in [-0.25, -0.2) is 4.79 Å². The number of esters is 1. The molecule has 0 spiro atoms. The van der Waals surface area contributed by atoms with Gasteiger partial charge in [0, 0.05) is 42.2 Å². The molecule has 3 aliphatic rings. The van der Waals surface area contributed by atoms with E-state index in [0.29, 0.717) is 22.5 Å². The van der Waals surface area contributed by atoms with Crippen molar-refractivity contribution in [3.05, 3.63) is 50.3 Å². The first-order valence-electron chi connectivity index (χ1n) is 11.0. The van der Waals surface area contributed by atoms with Crippen molar-refractivity contribution in [2.24, 2.45) is 5.92 Å². The van der Waals surface area contributed by atoms with E-state index in [1.807, 2.05) is 10.6 Å². The number of thiocarbonyl (C=S) groups is 1. The van der Waals surface area contributed by atoms with Gasteiger partial charge < -0.3 is 19.5 Å². The molecule has 4 heterocycles. The summed E-state index contributed by atoms with van der Waals surface area (Å²) in [7, 11) is 1.44. The number of piperidine rings is 1. The van der Waals surface area contributed by atoms with Gasteiger partial charge in [-0.3, -0.25) is 4.79 Å². The fourth-order valence-corrected chi connectivity index (χ4v) is 6.98. The molecular formula is C23H27N3O3S2. The van der Waals surface area contributed by atoms with Crippen LogP contribution in [0.15, 0.2) is 23.0 Å². The lowest BCUT2D eigenvalue weighted by molar-refractivity contribution is 0.0601. The number of ether oxygens (including phenoxy) is 1. The second-order valence-electron chi connectivity index (χ2n) is 8.79. The summed E-state index contributed by atoms with van der Waals surface area (Å²) in [6.07, 6.45) is 6.48. The highest BCUT2D eigenvalue weighted by atomic mass is 32.1. The lowest BCUT2D eigenvalue weighted by Gasteiger charge is -2.43. The number of hydrogen-bond acceptors (Lipinski definition) is 5. The zero-order valence-electron chi connectivity index (χ0n) is 17.7. The van der Waals surface area contributed by atoms with Gasteiger partial charge in [0.15, 0.2) is 5.11 Å². The van der Waals surface area contributed by atoms with Gasteiger partial charge >= 0.3 is 5.97 Å². The highest BCUT2D eigenvalue weighted by molar-refractivity contribution is 7.80. The summed E-state index contributed by atoms with van der Waals surface area (Å²) in [6.45, 7) is 2.34. The Morgan fingerprint density at radius 2 is 2.03 bits per heavy atom. The van der Waals surface area contributed by atoms with E-state index in [2.05, 4.69) is 16.3 Å². The predicted octanol–water partition coefficient (Wildman–Crippen LogP) is 3.78. The van der Waals surface area contributed by atoms with Crippen molar-refractivity contribution in [1.29, 1.82) is 0 Å². The molecule has 2 unspecified atom stereocenters. The van der Waals surface area contributed by atoms with E-state index in [1.165, 1.54) is 18.4 Å². The lowest BCUT2D eigenvalue weighted by Crippen LogP contribution is -2.50. The average Bonchev–Trinajstić information content (AvgIpc) is 2.94. The second-order valence-corrected chi connectivity index (χ2v) is 10.3. The second kappa shape index (κ2) is 8.39. The van der Waals surface area contributed by atoms with Crippen LogP contribution < -0.4 is 10.9 Å². The minimum atomic E-state index is -0.284. The summed E-state index contributed by atoms with van der Waals surface area (Å²) in [5.74, 6) is 0.404. The van der Waals surface area contributed by atoms with Crippen molar-refractivity contribution in [1.82, 2.24) is 9.47 Å². The molecule has 5 rings (SSSR count). The van der Waals surface area contributed by atoms with Crippen LogP contribution in [0.2, 0.25) is 0 Å². The Kier molecular flexibility index (Phi) is 5.60. The van der Waals surface area contributed by atoms with E-state index >= 15 is 0 Å². The van der Waals surface area contributed by atoms with E-state index in [4.69, 9.17) is 17.0 Å². The molecule has 2 aromatic heterocycles. The molecule has 31 heavy (non-hydrogen) atoms. The summed E-state index contributed by atoms with van der Waals surface area (Å²) >= 11 is 7.46. The average molecular weight is 458 g/mol. The van der Waals surface area contributed by atoms with Crippen molar-refractivity contribution in [2.75, 3.05) is 25.5 Å². The van der Waals surface area contributed by atoms with Crippen LogP contribution >= 0.6 is 23.6 Å². The van der Waals surface area contributed by atoms with Gasteiger partial charge in [0.05, 0.1) is 12.7 Å². The Hall–Kier alpha value is -2.19. The van der Waals surface area contributed by atoms with Gasteiger partial charge in [-0.1, -0.05) is 12.5 Å². The number of aryl methyl sites for hydroxylation is 1. The van der Waals surface area contributed by atoms with E-state index in [9.17, 15) is 9.59 Å². The van der Waals surface area contributed by atoms with Crippen molar-refractivity contribution in [3.8, 4) is 0 Å². The third-order valence-corrected chi connectivity index (χ3v) is 8.37. The lowest BCUT2D eigenvalue weighted by atomic mass is 9.83. The van der Waals surface area contributed by atoms with Gasteiger partial charge in [0.2, 0.25) is 0 Å². The number of nitrogens with one attached hydrogen (secondary N) is 1. The van der Waals surface area contributed by atoms with Crippen LogP contribution in [0.25, 0.3) is 0 Å². The topological polar surface area (TPSA) is 63.6 Å². The summed E-state index contributed by atoms with van der Waals surface area (Å²) in [6, 6.07) is 5.56. The van der Waals surface area contributed by atoms with Gasteiger partial charge in [-0.2, -0.15) is 0 Å². The smallest absolute Gasteiger partial charge is 0.341 e. The number of hydrogen-bond donors (Lipinski definition) is 1. The number of nitrogens with zero attached hydrogens (tertiary/aromatic N) is 2. The molecule has 0 radical (unpaired) electrons. The number of aromatic nitrogens is 1. The number of carbonyl (C=O) groups is 1. The molecule has 1 saturated heterocycles. The highest BCUT2D eigenvalue weighted by Gasteiger charge is 2.36. The largest absolute Gasteiger partial charge is 0.465 e. The van der Waals surface area contributed by atoms with Crippen molar-refractivity contribution in [3.63, 3.8) is 0 Å². The zero-order valence-corrected chi connectivity index (χ0v) is 19.3. The molecule has 0 aromatic carbocycles. The summed E-state index contributed by atoms with van der Waals surface area (Å²) in [4.78, 5) is 28.4. The Morgan fingerprint density at radius 1 is 1.19 bits per heavy atom. The number of thiophene rings is 1. The molecule has 8 heteroatoms. The number of carbonyl (C=O) groups excluding carboxylic acids is 1. The maximum absolute atomic E-state index is 12.6. The number of likely N-dealkylation sites (tertiary alicyclic amines) is 1. The van der Waals surface area contributed by atoms with E-state index in [-0.39, 0.29) is 11.5 Å². The molecule has 6 nitrogen and oxygen atoms in total. The van der Waals surface area contributed by atoms with Crippen LogP contribution in [0.1, 0.15) is 58.1 Å². The molecule has 0 amide bonds. The van der Waals surface area contributed by atoms with Crippen LogP contribution in [-0.4, -0.2) is 40.7 Å². The molecule has 0 saturated carbocycles. The monoisotopic (exact) mass is 457 g/mol. The maximum atomic E-state index is 12.6. The third kappa shape index (κ3) is 3.80. The molecule has 2 aromatic rings. The molecule has 1 aliphatic carbocycles. The van der Waals surface area contributed by atoms with Crippen LogP contribution in [-0.2, 0) is 24.1 Å². The molecule has 164 valence electrons. The number of methoxy groups -OCH3 is 1. The first kappa shape index (κ1) is 20.7. The van der Waals surface area contributed by atoms with Crippen molar-refractivity contribution < 1.29 is 9.53 Å². The Labute approximate surface area is 191 Å². The van der Waals surface area contributed by atoms with Crippen LogP contribution in [0, 0.1) is 5.92 Å². The number of rotatable bonds is 2. The first-order chi connectivity index (χ1) is 15.0. The van der Waals surface area contributed by atoms with E-state index in [0.717, 1.165) is 68.0 Å². The summed E-state index contributed by atoms with van der Waals surface area (Å²) in [5.41, 5.74) is 3.00. The number of fused-ring (bicyclic) bond motifs is 5. The molecular weight excluding hydrogens is 430 g/mol. The fraction of sp³-hybridized carbons (Fsp3) is 0.522. The Bertz CT molecular complexity index is 1090. The molecule has 1 N–H and O–H groups in total. The summed E-state index contributed by atoms with van der Waals surface area (Å²) in [5, 5.41) is 4.88. The fourth-order valence-electron chi connectivity index (χ4n) is 5.39. The van der Waals surface area contributed by atoms with Gasteiger partial charge in [0.1, 0.15) is 5.00 Å². The molecule has 2 bridgehead atoms. The Morgan fingerprint density at radius 3 is 2.87 bits per heavy atom. The standard InChI is InChI=1S/C23H27N3O3S2/c1-29-22(28)20-16-6-3-2-4-8-18(16)31-21(20)24-23(30)25-11-14-10-15(13-25)17-7-5-9-19(27)26(17)12-14/h5,7,9,14-15H,2-4,6,8,10-13H2,1H3,(H,24,30).